The van der Waals surface area contributed by atoms with Gasteiger partial charge in [-0.3, -0.25) is 0 Å². The summed E-state index contributed by atoms with van der Waals surface area (Å²) in [4.78, 5) is 0. The summed E-state index contributed by atoms with van der Waals surface area (Å²) in [5.74, 6) is 0.758. The highest BCUT2D eigenvalue weighted by Gasteiger charge is 2.29. The summed E-state index contributed by atoms with van der Waals surface area (Å²) < 4.78 is 37.3. The number of alkyl halides is 4. The fraction of sp³-hybridized carbons (Fsp3) is 0.529. The van der Waals surface area contributed by atoms with Crippen LogP contribution in [0.4, 0.5) is 13.2 Å². The Morgan fingerprint density at radius 3 is 2.18 bits per heavy atom. The van der Waals surface area contributed by atoms with E-state index in [1.54, 1.807) is 12.1 Å². The monoisotopic (exact) mass is 348 g/mol. The zero-order valence-electron chi connectivity index (χ0n) is 12.8. The summed E-state index contributed by atoms with van der Waals surface area (Å²) in [6.07, 6.45) is 7.29. The Bertz CT molecular complexity index is 427. The molecule has 1 aromatic carbocycles. The van der Waals surface area contributed by atoms with Crippen LogP contribution in [0.5, 0.6) is 0 Å². The van der Waals surface area contributed by atoms with E-state index in [1.165, 1.54) is 37.8 Å². The lowest BCUT2D eigenvalue weighted by atomic mass is 10.1. The smallest absolute Gasteiger partial charge is 0.166 e. The number of allylic oxidation sites excluding steroid dienone is 2. The van der Waals surface area contributed by atoms with Gasteiger partial charge in [0.05, 0.1) is 15.1 Å². The van der Waals surface area contributed by atoms with E-state index in [-0.39, 0.29) is 0 Å². The van der Waals surface area contributed by atoms with Gasteiger partial charge in [-0.15, -0.1) is 11.6 Å². The fourth-order valence-corrected chi connectivity index (χ4v) is 3.73. The van der Waals surface area contributed by atoms with Crippen molar-refractivity contribution in [2.75, 3.05) is 5.88 Å². The lowest BCUT2D eigenvalue weighted by Crippen LogP contribution is -2.14. The van der Waals surface area contributed by atoms with Gasteiger partial charge in [-0.25, -0.2) is 0 Å². The number of rotatable bonds is 10. The SMILES string of the molecule is FC(F)(F)c1ccc([SiH2]CC=CCCCCCCCCl)cc1. The van der Waals surface area contributed by atoms with Crippen molar-refractivity contribution >= 4 is 26.3 Å². The molecule has 0 heterocycles. The van der Waals surface area contributed by atoms with E-state index in [1.807, 2.05) is 0 Å². The van der Waals surface area contributed by atoms with Crippen LogP contribution in [0.2, 0.25) is 6.04 Å². The van der Waals surface area contributed by atoms with Crippen LogP contribution in [-0.4, -0.2) is 15.4 Å². The molecular formula is C17H24ClF3Si. The zero-order valence-corrected chi connectivity index (χ0v) is 15.0. The summed E-state index contributed by atoms with van der Waals surface area (Å²) in [6, 6.07) is 6.64. The topological polar surface area (TPSA) is 0 Å². The van der Waals surface area contributed by atoms with Crippen molar-refractivity contribution in [3.63, 3.8) is 0 Å². The van der Waals surface area contributed by atoms with Crippen LogP contribution in [0.15, 0.2) is 36.4 Å². The molecule has 0 radical (unpaired) electrons. The number of unbranched alkanes of at least 4 members (excludes halogenated alkanes) is 5. The first-order chi connectivity index (χ1) is 10.5. The Kier molecular flexibility index (Phi) is 9.56. The third kappa shape index (κ3) is 8.64. The normalized spacial score (nSPS) is 12.7. The Hall–Kier alpha value is -0.743. The van der Waals surface area contributed by atoms with Gasteiger partial charge in [0.25, 0.3) is 0 Å². The van der Waals surface area contributed by atoms with Gasteiger partial charge in [-0.2, -0.15) is 13.2 Å². The molecule has 124 valence electrons. The number of hydrogen-bond acceptors (Lipinski definition) is 0. The van der Waals surface area contributed by atoms with E-state index < -0.39 is 21.3 Å². The van der Waals surface area contributed by atoms with Gasteiger partial charge in [0.2, 0.25) is 0 Å². The van der Waals surface area contributed by atoms with Gasteiger partial charge in [0.15, 0.2) is 0 Å². The molecule has 0 amide bonds. The second kappa shape index (κ2) is 10.9. The Labute approximate surface area is 138 Å². The van der Waals surface area contributed by atoms with Crippen LogP contribution >= 0.6 is 11.6 Å². The van der Waals surface area contributed by atoms with Gasteiger partial charge >= 0.3 is 6.18 Å². The maximum atomic E-state index is 12.4. The van der Waals surface area contributed by atoms with Crippen molar-refractivity contribution in [2.45, 2.75) is 50.7 Å². The molecule has 0 aliphatic carbocycles. The van der Waals surface area contributed by atoms with Crippen molar-refractivity contribution in [3.8, 4) is 0 Å². The van der Waals surface area contributed by atoms with Crippen LogP contribution in [0, 0.1) is 0 Å². The third-order valence-corrected chi connectivity index (χ3v) is 5.49. The van der Waals surface area contributed by atoms with Crippen molar-refractivity contribution in [2.24, 2.45) is 0 Å². The molecule has 1 aromatic rings. The molecule has 0 aliphatic heterocycles. The number of hydrogen-bond donors (Lipinski definition) is 0. The highest BCUT2D eigenvalue weighted by atomic mass is 35.5. The molecule has 0 atom stereocenters. The molecule has 0 fully saturated rings. The highest BCUT2D eigenvalue weighted by Crippen LogP contribution is 2.28. The summed E-state index contributed by atoms with van der Waals surface area (Å²) >= 11 is 5.62. The Morgan fingerprint density at radius 1 is 0.909 bits per heavy atom. The minimum Gasteiger partial charge on any atom is -0.166 e. The first-order valence-corrected chi connectivity index (χ1v) is 10.2. The maximum absolute atomic E-state index is 12.4. The molecule has 0 nitrogen and oxygen atoms in total. The van der Waals surface area contributed by atoms with Gasteiger partial charge in [-0.05, 0) is 25.3 Å². The summed E-state index contributed by atoms with van der Waals surface area (Å²) in [7, 11) is -0.491. The quantitative estimate of drug-likeness (QED) is 0.240. The van der Waals surface area contributed by atoms with E-state index in [2.05, 4.69) is 12.2 Å². The van der Waals surface area contributed by atoms with Gasteiger partial charge in [-0.1, -0.05) is 60.9 Å². The Balaban J connectivity index is 2.12. The first kappa shape index (κ1) is 19.3. The molecule has 0 saturated heterocycles. The lowest BCUT2D eigenvalue weighted by Gasteiger charge is -2.06. The van der Waals surface area contributed by atoms with Crippen LogP contribution in [0.25, 0.3) is 0 Å². The summed E-state index contributed by atoms with van der Waals surface area (Å²) in [6.45, 7) is 0. The van der Waals surface area contributed by atoms with E-state index in [0.29, 0.717) is 0 Å². The van der Waals surface area contributed by atoms with Crippen molar-refractivity contribution < 1.29 is 13.2 Å². The average Bonchev–Trinajstić information content (AvgIpc) is 2.49. The van der Waals surface area contributed by atoms with E-state index in [0.717, 1.165) is 30.0 Å². The second-order valence-corrected chi connectivity index (χ2v) is 7.72. The minimum atomic E-state index is -4.23. The molecule has 5 heteroatoms. The maximum Gasteiger partial charge on any atom is 0.416 e. The molecule has 1 rings (SSSR count). The van der Waals surface area contributed by atoms with E-state index in [9.17, 15) is 13.2 Å². The molecule has 0 spiro atoms. The standard InChI is InChI=1S/C17H24ClF3Si/c18-13-7-5-3-1-2-4-6-8-14-22-16-11-9-15(10-12-16)17(19,20)21/h6,8-12H,1-5,7,13-14,22H2. The van der Waals surface area contributed by atoms with Gasteiger partial charge in [0, 0.05) is 5.88 Å². The van der Waals surface area contributed by atoms with Crippen LogP contribution in [0.1, 0.15) is 44.1 Å². The van der Waals surface area contributed by atoms with Crippen molar-refractivity contribution in [1.82, 2.24) is 0 Å². The van der Waals surface area contributed by atoms with Crippen molar-refractivity contribution in [3.05, 3.63) is 42.0 Å². The summed E-state index contributed by atoms with van der Waals surface area (Å²) in [5.41, 5.74) is -0.560. The third-order valence-electron chi connectivity index (χ3n) is 3.55. The molecular weight excluding hydrogens is 325 g/mol. The van der Waals surface area contributed by atoms with E-state index >= 15 is 0 Å². The molecule has 0 aliphatic rings. The molecule has 0 aromatic heterocycles. The molecule has 0 unspecified atom stereocenters. The largest absolute Gasteiger partial charge is 0.416 e. The van der Waals surface area contributed by atoms with E-state index in [4.69, 9.17) is 11.6 Å². The molecule has 22 heavy (non-hydrogen) atoms. The van der Waals surface area contributed by atoms with Gasteiger partial charge < -0.3 is 0 Å². The molecule has 0 N–H and O–H groups in total. The number of benzene rings is 1. The predicted molar refractivity (Wildman–Crippen MR) is 92.0 cm³/mol. The van der Waals surface area contributed by atoms with Crippen LogP contribution < -0.4 is 5.19 Å². The minimum absolute atomic E-state index is 0.491. The van der Waals surface area contributed by atoms with Crippen LogP contribution in [0.3, 0.4) is 0 Å². The molecule has 0 bridgehead atoms. The Morgan fingerprint density at radius 2 is 1.55 bits per heavy atom. The van der Waals surface area contributed by atoms with Crippen LogP contribution in [-0.2, 0) is 6.18 Å². The highest BCUT2D eigenvalue weighted by molar-refractivity contribution is 6.53. The first-order valence-electron chi connectivity index (χ1n) is 7.91. The lowest BCUT2D eigenvalue weighted by molar-refractivity contribution is -0.137. The zero-order chi connectivity index (χ0) is 16.3. The van der Waals surface area contributed by atoms with Crippen molar-refractivity contribution in [1.29, 1.82) is 0 Å². The molecule has 0 saturated carbocycles. The fourth-order valence-electron chi connectivity index (χ4n) is 2.23. The average molecular weight is 349 g/mol. The van der Waals surface area contributed by atoms with Gasteiger partial charge in [0.1, 0.15) is 0 Å². The predicted octanol–water partition coefficient (Wildman–Crippen LogP) is 5.05. The second-order valence-electron chi connectivity index (χ2n) is 5.45. The number of halogens is 4. The summed E-state index contributed by atoms with van der Waals surface area (Å²) in [5, 5.41) is 1.08.